The Hall–Kier alpha value is -1.38. The van der Waals surface area contributed by atoms with Crippen LogP contribution in [0.4, 0.5) is 0 Å². The fourth-order valence-corrected chi connectivity index (χ4v) is 1.86. The second kappa shape index (κ2) is 6.38. The van der Waals surface area contributed by atoms with Crippen LogP contribution in [-0.2, 0) is 6.42 Å². The van der Waals surface area contributed by atoms with Crippen molar-refractivity contribution in [3.8, 4) is 0 Å². The summed E-state index contributed by atoms with van der Waals surface area (Å²) in [5.74, 6) is 1.25. The van der Waals surface area contributed by atoms with Crippen LogP contribution in [0.15, 0.2) is 22.5 Å². The summed E-state index contributed by atoms with van der Waals surface area (Å²) in [4.78, 5) is 18.3. The first-order valence-corrected chi connectivity index (χ1v) is 6.17. The molecule has 0 radical (unpaired) electrons. The highest BCUT2D eigenvalue weighted by molar-refractivity contribution is 5.03. The number of nitrogens with zero attached hydrogens (tertiary/aromatic N) is 1. The average Bonchev–Trinajstić information content (AvgIpc) is 2.14. The lowest BCUT2D eigenvalue weighted by molar-refractivity contribution is 0.527. The first-order valence-electron chi connectivity index (χ1n) is 6.17. The van der Waals surface area contributed by atoms with E-state index in [1.54, 1.807) is 6.07 Å². The van der Waals surface area contributed by atoms with Crippen LogP contribution in [0.3, 0.4) is 0 Å². The van der Waals surface area contributed by atoms with Crippen molar-refractivity contribution >= 4 is 0 Å². The average molecular weight is 234 g/mol. The molecule has 0 amide bonds. The van der Waals surface area contributed by atoms with Gasteiger partial charge in [-0.25, -0.2) is 4.98 Å². The summed E-state index contributed by atoms with van der Waals surface area (Å²) in [6, 6.07) is 1.60. The van der Waals surface area contributed by atoms with E-state index in [0.717, 1.165) is 25.0 Å². The monoisotopic (exact) mass is 234 g/mol. The van der Waals surface area contributed by atoms with E-state index in [2.05, 4.69) is 36.8 Å². The molecule has 3 heteroatoms. The van der Waals surface area contributed by atoms with Gasteiger partial charge in [-0.15, -0.1) is 0 Å². The van der Waals surface area contributed by atoms with Gasteiger partial charge in [0.05, 0.1) is 0 Å². The summed E-state index contributed by atoms with van der Waals surface area (Å²) < 4.78 is 0. The minimum absolute atomic E-state index is 0.0519. The summed E-state index contributed by atoms with van der Waals surface area (Å²) >= 11 is 0. The number of aryl methyl sites for hydroxylation is 1. The molecule has 3 nitrogen and oxygen atoms in total. The minimum atomic E-state index is -0.0519. The first-order chi connectivity index (χ1) is 7.97. The zero-order valence-corrected chi connectivity index (χ0v) is 11.2. The van der Waals surface area contributed by atoms with Crippen molar-refractivity contribution in [1.82, 2.24) is 9.97 Å². The molecule has 1 heterocycles. The van der Waals surface area contributed by atoms with E-state index in [9.17, 15) is 4.79 Å². The summed E-state index contributed by atoms with van der Waals surface area (Å²) in [5.41, 5.74) is 2.21. The number of allylic oxidation sites excluding steroid dienone is 2. The molecule has 0 aromatic carbocycles. The molecule has 0 saturated carbocycles. The van der Waals surface area contributed by atoms with Crippen molar-refractivity contribution in [2.75, 3.05) is 0 Å². The molecular formula is C14H22N2O. The number of aromatic amines is 1. The van der Waals surface area contributed by atoms with Crippen LogP contribution in [0.2, 0.25) is 0 Å². The van der Waals surface area contributed by atoms with Crippen molar-refractivity contribution in [2.24, 2.45) is 5.92 Å². The molecule has 94 valence electrons. The van der Waals surface area contributed by atoms with Gasteiger partial charge in [0.2, 0.25) is 0 Å². The molecule has 0 aliphatic heterocycles. The Morgan fingerprint density at radius 1 is 1.53 bits per heavy atom. The number of nitrogens with one attached hydrogen (secondary N) is 1. The zero-order chi connectivity index (χ0) is 12.8. The van der Waals surface area contributed by atoms with Gasteiger partial charge in [0.1, 0.15) is 5.82 Å². The van der Waals surface area contributed by atoms with Gasteiger partial charge in [-0.2, -0.15) is 0 Å². The van der Waals surface area contributed by atoms with Crippen LogP contribution in [-0.4, -0.2) is 9.97 Å². The van der Waals surface area contributed by atoms with Crippen LogP contribution < -0.4 is 5.56 Å². The second-order valence-electron chi connectivity index (χ2n) is 4.99. The third-order valence-electron chi connectivity index (χ3n) is 2.68. The lowest BCUT2D eigenvalue weighted by Crippen LogP contribution is -2.12. The van der Waals surface area contributed by atoms with E-state index in [1.165, 1.54) is 5.57 Å². The van der Waals surface area contributed by atoms with E-state index in [4.69, 9.17) is 0 Å². The molecule has 1 rings (SSSR count). The maximum absolute atomic E-state index is 11.3. The highest BCUT2D eigenvalue weighted by Gasteiger charge is 2.05. The normalized spacial score (nSPS) is 12.2. The number of hydrogen-bond donors (Lipinski definition) is 1. The summed E-state index contributed by atoms with van der Waals surface area (Å²) in [7, 11) is 0. The highest BCUT2D eigenvalue weighted by Crippen LogP contribution is 2.12. The fraction of sp³-hybridized carbons (Fsp3) is 0.571. The maximum atomic E-state index is 11.3. The van der Waals surface area contributed by atoms with Crippen LogP contribution in [0, 0.1) is 12.8 Å². The predicted octanol–water partition coefficient (Wildman–Crippen LogP) is 3.00. The van der Waals surface area contributed by atoms with Crippen LogP contribution >= 0.6 is 0 Å². The second-order valence-corrected chi connectivity index (χ2v) is 4.99. The Morgan fingerprint density at radius 2 is 2.24 bits per heavy atom. The Bertz CT molecular complexity index is 442. The minimum Gasteiger partial charge on any atom is -0.311 e. The topological polar surface area (TPSA) is 45.8 Å². The lowest BCUT2D eigenvalue weighted by atomic mass is 9.99. The zero-order valence-electron chi connectivity index (χ0n) is 11.2. The van der Waals surface area contributed by atoms with Gasteiger partial charge >= 0.3 is 0 Å². The van der Waals surface area contributed by atoms with Crippen molar-refractivity contribution in [2.45, 2.75) is 47.0 Å². The molecule has 0 spiro atoms. The quantitative estimate of drug-likeness (QED) is 0.796. The first kappa shape index (κ1) is 13.7. The van der Waals surface area contributed by atoms with E-state index < -0.39 is 0 Å². The SMILES string of the molecule is CC(C)=CCCC(C)Cc1cc(=O)[nH]c(C)n1. The molecule has 1 aromatic heterocycles. The number of hydrogen-bond acceptors (Lipinski definition) is 2. The third-order valence-corrected chi connectivity index (χ3v) is 2.68. The molecule has 0 saturated heterocycles. The predicted molar refractivity (Wildman–Crippen MR) is 71.1 cm³/mol. The molecule has 1 unspecified atom stereocenters. The Morgan fingerprint density at radius 3 is 2.82 bits per heavy atom. The third kappa shape index (κ3) is 5.48. The summed E-state index contributed by atoms with van der Waals surface area (Å²) in [6.45, 7) is 8.26. The summed E-state index contributed by atoms with van der Waals surface area (Å²) in [5, 5.41) is 0. The largest absolute Gasteiger partial charge is 0.311 e. The van der Waals surface area contributed by atoms with Gasteiger partial charge < -0.3 is 4.98 Å². The molecule has 0 fully saturated rings. The van der Waals surface area contributed by atoms with Gasteiger partial charge in [0.15, 0.2) is 0 Å². The van der Waals surface area contributed by atoms with Crippen molar-refractivity contribution in [1.29, 1.82) is 0 Å². The van der Waals surface area contributed by atoms with Gasteiger partial charge in [0.25, 0.3) is 5.56 Å². The Balaban J connectivity index is 2.53. The van der Waals surface area contributed by atoms with E-state index >= 15 is 0 Å². The van der Waals surface area contributed by atoms with E-state index in [1.807, 2.05) is 6.92 Å². The smallest absolute Gasteiger partial charge is 0.251 e. The van der Waals surface area contributed by atoms with Crippen LogP contribution in [0.25, 0.3) is 0 Å². The lowest BCUT2D eigenvalue weighted by Gasteiger charge is -2.09. The van der Waals surface area contributed by atoms with Crippen molar-refractivity contribution in [3.63, 3.8) is 0 Å². The van der Waals surface area contributed by atoms with Crippen molar-refractivity contribution < 1.29 is 0 Å². The Labute approximate surface area is 103 Å². The molecule has 1 N–H and O–H groups in total. The molecule has 0 aliphatic carbocycles. The van der Waals surface area contributed by atoms with Crippen LogP contribution in [0.1, 0.15) is 45.1 Å². The van der Waals surface area contributed by atoms with E-state index in [-0.39, 0.29) is 5.56 Å². The van der Waals surface area contributed by atoms with Gasteiger partial charge in [-0.1, -0.05) is 18.6 Å². The molecule has 1 atom stereocenters. The molecule has 0 aliphatic rings. The molecule has 1 aromatic rings. The highest BCUT2D eigenvalue weighted by atomic mass is 16.1. The molecular weight excluding hydrogens is 212 g/mol. The fourth-order valence-electron chi connectivity index (χ4n) is 1.86. The number of aromatic nitrogens is 2. The summed E-state index contributed by atoms with van der Waals surface area (Å²) in [6.07, 6.45) is 5.37. The Kier molecular flexibility index (Phi) is 5.13. The number of rotatable bonds is 5. The standard InChI is InChI=1S/C14H22N2O/c1-10(2)6-5-7-11(3)8-13-9-14(17)16-12(4)15-13/h6,9,11H,5,7-8H2,1-4H3,(H,15,16,17). The van der Waals surface area contributed by atoms with E-state index in [0.29, 0.717) is 11.7 Å². The number of H-pyrrole nitrogens is 1. The molecule has 17 heavy (non-hydrogen) atoms. The maximum Gasteiger partial charge on any atom is 0.251 e. The van der Waals surface area contributed by atoms with Gasteiger partial charge in [0, 0.05) is 11.8 Å². The van der Waals surface area contributed by atoms with Crippen molar-refractivity contribution in [3.05, 3.63) is 39.6 Å². The van der Waals surface area contributed by atoms with Gasteiger partial charge in [-0.05, 0) is 46.0 Å². The van der Waals surface area contributed by atoms with Gasteiger partial charge in [-0.3, -0.25) is 4.79 Å². The molecule has 0 bridgehead atoms. The van der Waals surface area contributed by atoms with Crippen LogP contribution in [0.5, 0.6) is 0 Å².